The van der Waals surface area contributed by atoms with Crippen molar-refractivity contribution in [1.29, 1.82) is 0 Å². The van der Waals surface area contributed by atoms with Gasteiger partial charge in [0, 0.05) is 0 Å². The van der Waals surface area contributed by atoms with E-state index in [0.717, 1.165) is 27.7 Å². The van der Waals surface area contributed by atoms with E-state index in [-0.39, 0.29) is 0 Å². The van der Waals surface area contributed by atoms with Gasteiger partial charge in [0.25, 0.3) is 0 Å². The monoisotopic (exact) mass is 610 g/mol. The van der Waals surface area contributed by atoms with Crippen LogP contribution in [-0.2, 0) is 0 Å². The molecule has 1 heterocycles. The molecule has 0 amide bonds. The Morgan fingerprint density at radius 2 is 0.400 bits per heavy atom. The summed E-state index contributed by atoms with van der Waals surface area (Å²) in [6.45, 7) is 13.7. The molecular formula is C35H50Si5. The van der Waals surface area contributed by atoms with Crippen LogP contribution in [0.25, 0.3) is 0 Å². The summed E-state index contributed by atoms with van der Waals surface area (Å²) in [5, 5.41) is 0. The van der Waals surface area contributed by atoms with Crippen LogP contribution >= 0.6 is 0 Å². The molecule has 0 atom stereocenters. The number of allylic oxidation sites excluding steroid dienone is 20. The molecule has 6 aliphatic rings. The first-order valence-electron chi connectivity index (χ1n) is 16.3. The van der Waals surface area contributed by atoms with E-state index in [4.69, 9.17) is 0 Å². The van der Waals surface area contributed by atoms with Crippen LogP contribution in [0.3, 0.4) is 0 Å². The van der Waals surface area contributed by atoms with Gasteiger partial charge in [0.05, 0.1) is 35.5 Å². The lowest BCUT2D eigenvalue weighted by Crippen LogP contribution is -2.80. The molecule has 0 N–H and O–H groups in total. The molecule has 1 aliphatic heterocycles. The van der Waals surface area contributed by atoms with Crippen molar-refractivity contribution < 1.29 is 0 Å². The summed E-state index contributed by atoms with van der Waals surface area (Å²) in [4.78, 5) is 0. The first-order valence-corrected chi connectivity index (χ1v) is 32.8. The molecule has 1 fully saturated rings. The minimum Gasteiger partial charge on any atom is -0.0809 e. The summed E-state index contributed by atoms with van der Waals surface area (Å²) in [6, 6.07) is 7.53. The zero-order valence-corrected chi connectivity index (χ0v) is 30.5. The highest BCUT2D eigenvalue weighted by molar-refractivity contribution is 8.15. The highest BCUT2D eigenvalue weighted by atomic mass is 30.2. The average molecular weight is 611 g/mol. The summed E-state index contributed by atoms with van der Waals surface area (Å²) in [6.07, 6.45) is 52.3. The molecule has 40 heavy (non-hydrogen) atoms. The van der Waals surface area contributed by atoms with Crippen molar-refractivity contribution in [2.45, 2.75) is 92.5 Å². The maximum atomic E-state index is 2.77. The normalized spacial score (nSPS) is 40.6. The summed E-state index contributed by atoms with van der Waals surface area (Å²) >= 11 is 0. The van der Waals surface area contributed by atoms with E-state index in [1.165, 1.54) is 30.2 Å². The molecule has 210 valence electrons. The number of hydrogen-bond acceptors (Lipinski definition) is 0. The fraction of sp³-hybridized carbons (Fsp3) is 0.429. The molecule has 5 aliphatic carbocycles. The van der Waals surface area contributed by atoms with Crippen LogP contribution in [0, 0.1) is 0 Å². The van der Waals surface area contributed by atoms with Crippen LogP contribution in [0.15, 0.2) is 122 Å². The van der Waals surface area contributed by atoms with Crippen LogP contribution in [0.1, 0.15) is 34.6 Å². The molecule has 6 rings (SSSR count). The molecule has 0 spiro atoms. The molecule has 1 saturated heterocycles. The zero-order chi connectivity index (χ0) is 28.1. The second-order valence-electron chi connectivity index (χ2n) is 13.1. The Morgan fingerprint density at radius 1 is 0.275 bits per heavy atom. The van der Waals surface area contributed by atoms with Gasteiger partial charge in [-0.3, -0.25) is 0 Å². The van der Waals surface area contributed by atoms with Gasteiger partial charge in [-0.1, -0.05) is 186 Å². The standard InChI is InChI=1S/C35H50Si5/c1-6-36(31-21-11-12-22-31)37(7-2,32-23-13-14-24-32)39(9-4,34-27-17-18-28-34)40(10-5,35-29-19-20-30-35)38(36,8-3)33-25-15-16-26-33/h11-35H,6-10H2,1-5H3. The number of rotatable bonds is 10. The molecule has 0 nitrogen and oxygen atoms in total. The van der Waals surface area contributed by atoms with E-state index < -0.39 is 35.5 Å². The lowest BCUT2D eigenvalue weighted by atomic mass is 10.5. The third-order valence-corrected chi connectivity index (χ3v) is 130. The molecule has 0 aromatic carbocycles. The van der Waals surface area contributed by atoms with E-state index in [9.17, 15) is 0 Å². The van der Waals surface area contributed by atoms with E-state index in [0.29, 0.717) is 0 Å². The van der Waals surface area contributed by atoms with Crippen molar-refractivity contribution in [3.05, 3.63) is 122 Å². The minimum absolute atomic E-state index is 0.739. The van der Waals surface area contributed by atoms with Gasteiger partial charge in [-0.05, 0) is 27.7 Å². The summed E-state index contributed by atoms with van der Waals surface area (Å²) in [5.41, 5.74) is 3.70. The smallest absolute Gasteiger partial charge is 0.0515 e. The fourth-order valence-electron chi connectivity index (χ4n) is 13.1. The fourth-order valence-corrected chi connectivity index (χ4v) is 234. The molecular weight excluding hydrogens is 561 g/mol. The Kier molecular flexibility index (Phi) is 7.61. The topological polar surface area (TPSA) is 0 Å². The van der Waals surface area contributed by atoms with Crippen molar-refractivity contribution in [3.63, 3.8) is 0 Å². The molecule has 0 unspecified atom stereocenters. The van der Waals surface area contributed by atoms with E-state index in [1.54, 1.807) is 0 Å². The van der Waals surface area contributed by atoms with Gasteiger partial charge in [0.1, 0.15) is 0 Å². The van der Waals surface area contributed by atoms with Crippen LogP contribution in [0.2, 0.25) is 57.9 Å². The van der Waals surface area contributed by atoms with Gasteiger partial charge in [-0.2, -0.15) is 0 Å². The van der Waals surface area contributed by atoms with Gasteiger partial charge in [-0.15, -0.1) is 0 Å². The summed E-state index contributed by atoms with van der Waals surface area (Å²) < 4.78 is 0. The zero-order valence-electron chi connectivity index (χ0n) is 25.5. The van der Waals surface area contributed by atoms with Gasteiger partial charge in [0.15, 0.2) is 0 Å². The van der Waals surface area contributed by atoms with E-state index in [2.05, 4.69) is 156 Å². The third-order valence-electron chi connectivity index (χ3n) is 13.4. The number of hydrogen-bond donors (Lipinski definition) is 0. The maximum absolute atomic E-state index is 2.77. The molecule has 0 saturated carbocycles. The van der Waals surface area contributed by atoms with Crippen molar-refractivity contribution in [2.24, 2.45) is 0 Å². The highest BCUT2D eigenvalue weighted by Crippen LogP contribution is 2.74. The third kappa shape index (κ3) is 3.01. The maximum Gasteiger partial charge on any atom is 0.0515 e. The van der Waals surface area contributed by atoms with Crippen molar-refractivity contribution in [1.82, 2.24) is 0 Å². The molecule has 5 heteroatoms. The largest absolute Gasteiger partial charge is 0.0809 e. The molecule has 0 bridgehead atoms. The van der Waals surface area contributed by atoms with Gasteiger partial charge in [0.2, 0.25) is 0 Å². The second-order valence-corrected chi connectivity index (χ2v) is 64.0. The molecule has 0 aromatic rings. The lowest BCUT2D eigenvalue weighted by molar-refractivity contribution is 1.18. The van der Waals surface area contributed by atoms with Gasteiger partial charge in [-0.25, -0.2) is 0 Å². The Bertz CT molecular complexity index is 998. The Labute approximate surface area is 248 Å². The van der Waals surface area contributed by atoms with Crippen molar-refractivity contribution in [2.75, 3.05) is 0 Å². The quantitative estimate of drug-likeness (QED) is 0.216. The lowest BCUT2D eigenvalue weighted by Gasteiger charge is -2.60. The summed E-state index contributed by atoms with van der Waals surface area (Å²) in [7, 11) is -9.62. The van der Waals surface area contributed by atoms with Gasteiger partial charge >= 0.3 is 0 Å². The average Bonchev–Trinajstić information content (AvgIpc) is 3.83. The molecule has 0 aromatic heterocycles. The first-order chi connectivity index (χ1) is 19.6. The SMILES string of the molecule is CC[Si]1(C2C=CC=C2)[Si](CC)(C2C=CC=C2)[Si](CC)(C2C=CC=C2)[Si](CC)(C2C=CC=C2)[Si]1(CC)C1C=CC=C1. The predicted molar refractivity (Wildman–Crippen MR) is 191 cm³/mol. The van der Waals surface area contributed by atoms with Crippen molar-refractivity contribution >= 4 is 35.5 Å². The first kappa shape index (κ1) is 28.6. The Balaban J connectivity index is 1.89. The second kappa shape index (κ2) is 10.6. The summed E-state index contributed by atoms with van der Waals surface area (Å²) in [5.74, 6) is 0. The van der Waals surface area contributed by atoms with Crippen LogP contribution in [-0.4, -0.2) is 35.5 Å². The Hall–Kier alpha value is -1.52. The minimum atomic E-state index is -1.92. The predicted octanol–water partition coefficient (Wildman–Crippen LogP) is 10.2. The van der Waals surface area contributed by atoms with Gasteiger partial charge < -0.3 is 0 Å². The molecule has 0 radical (unpaired) electrons. The van der Waals surface area contributed by atoms with Crippen LogP contribution < -0.4 is 0 Å². The van der Waals surface area contributed by atoms with Crippen molar-refractivity contribution in [3.8, 4) is 0 Å². The van der Waals surface area contributed by atoms with E-state index in [1.807, 2.05) is 0 Å². The highest BCUT2D eigenvalue weighted by Gasteiger charge is 2.91. The Morgan fingerprint density at radius 3 is 0.500 bits per heavy atom. The van der Waals surface area contributed by atoms with E-state index >= 15 is 0 Å². The van der Waals surface area contributed by atoms with Crippen LogP contribution in [0.4, 0.5) is 0 Å². The van der Waals surface area contributed by atoms with Crippen LogP contribution in [0.5, 0.6) is 0 Å².